The molecule has 1 amide bonds. The average molecular weight is 373 g/mol. The number of carbonyl (C=O) groups is 1. The van der Waals surface area contributed by atoms with Gasteiger partial charge in [0.15, 0.2) is 0 Å². The topological polar surface area (TPSA) is 72.4 Å². The van der Waals surface area contributed by atoms with Crippen LogP contribution < -0.4 is 11.1 Å². The predicted molar refractivity (Wildman–Crippen MR) is 100 cm³/mol. The summed E-state index contributed by atoms with van der Waals surface area (Å²) in [5.74, 6) is -0.592. The smallest absolute Gasteiger partial charge is 0.252 e. The summed E-state index contributed by atoms with van der Waals surface area (Å²) in [6.07, 6.45) is 4.42. The summed E-state index contributed by atoms with van der Waals surface area (Å²) in [5.41, 5.74) is 8.88. The van der Waals surface area contributed by atoms with Gasteiger partial charge in [0.2, 0.25) is 0 Å². The van der Waals surface area contributed by atoms with Gasteiger partial charge in [-0.25, -0.2) is 8.91 Å². The Morgan fingerprint density at radius 1 is 1.27 bits per heavy atom. The lowest BCUT2D eigenvalue weighted by Gasteiger charge is -2.19. The fourth-order valence-electron chi connectivity index (χ4n) is 3.46. The van der Waals surface area contributed by atoms with Crippen LogP contribution in [0.3, 0.4) is 0 Å². The summed E-state index contributed by atoms with van der Waals surface area (Å²) in [7, 11) is 0. The molecular formula is C19H18ClFN4O. The highest BCUT2D eigenvalue weighted by Gasteiger charge is 2.28. The maximum absolute atomic E-state index is 14.1. The fraction of sp³-hybridized carbons (Fsp3) is 0.263. The van der Waals surface area contributed by atoms with Crippen molar-refractivity contribution in [2.45, 2.75) is 31.5 Å². The van der Waals surface area contributed by atoms with E-state index in [0.29, 0.717) is 22.6 Å². The molecule has 4 rings (SSSR count). The zero-order valence-electron chi connectivity index (χ0n) is 14.0. The number of carbonyl (C=O) groups excluding carboxylic acids is 1. The van der Waals surface area contributed by atoms with Gasteiger partial charge in [0, 0.05) is 16.8 Å². The van der Waals surface area contributed by atoms with E-state index in [9.17, 15) is 9.18 Å². The van der Waals surface area contributed by atoms with E-state index in [1.807, 2.05) is 36.5 Å². The second-order valence-corrected chi connectivity index (χ2v) is 7.00. The minimum Gasteiger partial charge on any atom is -0.377 e. The second-order valence-electron chi connectivity index (χ2n) is 6.56. The van der Waals surface area contributed by atoms with Gasteiger partial charge in [-0.3, -0.25) is 4.79 Å². The van der Waals surface area contributed by atoms with Gasteiger partial charge in [-0.2, -0.15) is 5.10 Å². The number of hydrogen-bond acceptors (Lipinski definition) is 3. The van der Waals surface area contributed by atoms with E-state index in [-0.39, 0.29) is 11.6 Å². The Hall–Kier alpha value is -2.60. The van der Waals surface area contributed by atoms with Crippen molar-refractivity contribution in [1.29, 1.82) is 0 Å². The molecule has 134 valence electrons. The summed E-state index contributed by atoms with van der Waals surface area (Å²) >= 11 is 5.95. The van der Waals surface area contributed by atoms with Crippen molar-refractivity contribution in [2.75, 3.05) is 5.32 Å². The highest BCUT2D eigenvalue weighted by molar-refractivity contribution is 6.30. The van der Waals surface area contributed by atoms with Gasteiger partial charge in [-0.15, -0.1) is 0 Å². The minimum absolute atomic E-state index is 0.261. The van der Waals surface area contributed by atoms with Gasteiger partial charge < -0.3 is 11.1 Å². The molecule has 1 fully saturated rings. The molecular weight excluding hydrogens is 355 g/mol. The number of amides is 1. The zero-order chi connectivity index (χ0) is 18.3. The molecule has 26 heavy (non-hydrogen) atoms. The van der Waals surface area contributed by atoms with Crippen molar-refractivity contribution < 1.29 is 9.18 Å². The number of benzene rings is 1. The number of nitrogens with zero attached hydrogens (tertiary/aromatic N) is 2. The number of hydrogen-bond donors (Lipinski definition) is 2. The maximum atomic E-state index is 14.1. The quantitative estimate of drug-likeness (QED) is 0.725. The van der Waals surface area contributed by atoms with E-state index < -0.39 is 12.1 Å². The molecule has 0 aliphatic heterocycles. The van der Waals surface area contributed by atoms with E-state index in [4.69, 9.17) is 17.3 Å². The molecule has 0 bridgehead atoms. The number of nitrogens with two attached hydrogens (primary N) is 1. The Morgan fingerprint density at radius 3 is 2.69 bits per heavy atom. The molecule has 0 saturated heterocycles. The molecule has 2 atom stereocenters. The summed E-state index contributed by atoms with van der Waals surface area (Å²) in [4.78, 5) is 11.9. The number of aromatic nitrogens is 2. The first-order valence-corrected chi connectivity index (χ1v) is 8.88. The van der Waals surface area contributed by atoms with E-state index in [0.717, 1.165) is 24.0 Å². The van der Waals surface area contributed by atoms with E-state index >= 15 is 0 Å². The van der Waals surface area contributed by atoms with Gasteiger partial charge in [0.25, 0.3) is 5.91 Å². The molecule has 1 aromatic carbocycles. The van der Waals surface area contributed by atoms with Crippen LogP contribution in [-0.2, 0) is 0 Å². The highest BCUT2D eigenvalue weighted by atomic mass is 35.5. The van der Waals surface area contributed by atoms with Gasteiger partial charge in [0.05, 0.1) is 29.0 Å². The Labute approximate surface area is 154 Å². The third-order valence-electron chi connectivity index (χ3n) is 4.84. The van der Waals surface area contributed by atoms with Gasteiger partial charge >= 0.3 is 0 Å². The fourth-order valence-corrected chi connectivity index (χ4v) is 3.58. The maximum Gasteiger partial charge on any atom is 0.252 e. The molecule has 5 nitrogen and oxygen atoms in total. The zero-order valence-corrected chi connectivity index (χ0v) is 14.7. The number of nitrogens with one attached hydrogen (secondary N) is 1. The lowest BCUT2D eigenvalue weighted by molar-refractivity contribution is 0.100. The van der Waals surface area contributed by atoms with Crippen LogP contribution in [0, 0.1) is 0 Å². The molecule has 1 aliphatic carbocycles. The van der Waals surface area contributed by atoms with E-state index in [1.54, 1.807) is 4.52 Å². The van der Waals surface area contributed by atoms with E-state index in [2.05, 4.69) is 10.4 Å². The Bertz CT molecular complexity index is 970. The van der Waals surface area contributed by atoms with Crippen molar-refractivity contribution in [2.24, 2.45) is 5.73 Å². The summed E-state index contributed by atoms with van der Waals surface area (Å²) in [5, 5.41) is 8.13. The van der Waals surface area contributed by atoms with Crippen LogP contribution in [0.4, 0.5) is 10.1 Å². The Kier molecular flexibility index (Phi) is 4.28. The molecule has 3 N–H and O–H groups in total. The van der Waals surface area contributed by atoms with Gasteiger partial charge in [0.1, 0.15) is 6.17 Å². The third kappa shape index (κ3) is 3.01. The van der Waals surface area contributed by atoms with Crippen LogP contribution in [0.2, 0.25) is 5.02 Å². The summed E-state index contributed by atoms with van der Waals surface area (Å²) in [6.45, 7) is 0. The Morgan fingerprint density at radius 2 is 2.04 bits per heavy atom. The lowest BCUT2D eigenvalue weighted by Crippen LogP contribution is -2.27. The van der Waals surface area contributed by atoms with Crippen molar-refractivity contribution in [3.8, 4) is 11.1 Å². The van der Waals surface area contributed by atoms with Crippen LogP contribution in [0.25, 0.3) is 16.6 Å². The lowest BCUT2D eigenvalue weighted by atomic mass is 10.1. The van der Waals surface area contributed by atoms with Crippen LogP contribution in [0.15, 0.2) is 42.7 Å². The molecule has 1 saturated carbocycles. The molecule has 3 aromatic rings. The summed E-state index contributed by atoms with van der Waals surface area (Å²) in [6, 6.07) is 9.03. The number of halogens is 2. The third-order valence-corrected chi connectivity index (χ3v) is 5.09. The first-order chi connectivity index (χ1) is 12.5. The first kappa shape index (κ1) is 16.8. The van der Waals surface area contributed by atoms with Crippen molar-refractivity contribution >= 4 is 28.7 Å². The molecule has 0 radical (unpaired) electrons. The van der Waals surface area contributed by atoms with Crippen LogP contribution in [0.5, 0.6) is 0 Å². The Balaban J connectivity index is 1.82. The SMILES string of the molecule is NC(=O)c1cnn2cc(-c3ccc(Cl)cc3)cc2c1N[C@@H]1CCC[C@@H]1F. The molecule has 1 aliphatic rings. The van der Waals surface area contributed by atoms with Crippen molar-refractivity contribution in [3.05, 3.63) is 53.3 Å². The number of fused-ring (bicyclic) bond motifs is 1. The molecule has 2 aromatic heterocycles. The number of rotatable bonds is 4. The second kappa shape index (κ2) is 6.61. The molecule has 0 spiro atoms. The molecule has 7 heteroatoms. The standard InChI is InChI=1S/C19H18ClFN4O/c20-13-6-4-11(5-7-13)12-8-17-18(24-16-3-1-2-15(16)21)14(19(22)26)9-23-25(17)10-12/h4-10,15-16,24H,1-3H2,(H2,22,26)/t15-,16+/m0/s1. The van der Waals surface area contributed by atoms with Crippen molar-refractivity contribution in [1.82, 2.24) is 9.61 Å². The summed E-state index contributed by atoms with van der Waals surface area (Å²) < 4.78 is 15.8. The number of primary amides is 1. The average Bonchev–Trinajstić information content (AvgIpc) is 3.22. The predicted octanol–water partition coefficient (Wildman–Crippen LogP) is 4.06. The van der Waals surface area contributed by atoms with Gasteiger partial charge in [-0.1, -0.05) is 23.7 Å². The molecule has 0 unspecified atom stereocenters. The number of alkyl halides is 1. The van der Waals surface area contributed by atoms with Gasteiger partial charge in [-0.05, 0) is 43.0 Å². The number of anilines is 1. The van der Waals surface area contributed by atoms with E-state index in [1.165, 1.54) is 6.20 Å². The molecule has 2 heterocycles. The van der Waals surface area contributed by atoms with Crippen LogP contribution >= 0.6 is 11.6 Å². The first-order valence-electron chi connectivity index (χ1n) is 8.50. The normalized spacial score (nSPS) is 19.8. The van der Waals surface area contributed by atoms with Crippen LogP contribution in [0.1, 0.15) is 29.6 Å². The van der Waals surface area contributed by atoms with Crippen molar-refractivity contribution in [3.63, 3.8) is 0 Å². The van der Waals surface area contributed by atoms with Crippen LogP contribution in [-0.4, -0.2) is 27.7 Å². The largest absolute Gasteiger partial charge is 0.377 e. The minimum atomic E-state index is -0.936. The monoisotopic (exact) mass is 372 g/mol. The highest BCUT2D eigenvalue weighted by Crippen LogP contribution is 2.32.